The first kappa shape index (κ1) is 28.9. The standard InChI is InChI=1S/C30H39N6OP/c1-36(30(33)35-29(31)32)23-14-22-34-28(37)21-12-5-13-24-38(25-15-6-2-7-16-25,26-17-8-3-9-18-26)27-19-10-4-11-20-27/h2-4,6-11,15-20H,5,12-14,21-24H2,1H3,(H5-,31,32,33,34,35,37)/p+1. The highest BCUT2D eigenvalue weighted by Crippen LogP contribution is 2.55. The minimum atomic E-state index is -1.81. The van der Waals surface area contributed by atoms with Crippen molar-refractivity contribution in [3.8, 4) is 0 Å². The average molecular weight is 532 g/mol. The Balaban J connectivity index is 1.55. The van der Waals surface area contributed by atoms with Crippen LogP contribution in [0.25, 0.3) is 0 Å². The topological polar surface area (TPSA) is 121 Å². The number of rotatable bonds is 13. The fraction of sp³-hybridized carbons (Fsp3) is 0.300. The Labute approximate surface area is 227 Å². The highest BCUT2D eigenvalue weighted by Gasteiger charge is 2.44. The molecule has 0 fully saturated rings. The summed E-state index contributed by atoms with van der Waals surface area (Å²) in [5, 5.41) is 15.0. The predicted octanol–water partition coefficient (Wildman–Crippen LogP) is 3.19. The smallest absolute Gasteiger partial charge is 0.220 e. The minimum absolute atomic E-state index is 0.0109. The van der Waals surface area contributed by atoms with E-state index in [1.54, 1.807) is 11.9 Å². The van der Waals surface area contributed by atoms with Crippen molar-refractivity contribution in [1.82, 2.24) is 10.2 Å². The molecule has 0 saturated carbocycles. The van der Waals surface area contributed by atoms with E-state index < -0.39 is 7.26 Å². The van der Waals surface area contributed by atoms with Crippen LogP contribution in [0.4, 0.5) is 0 Å². The van der Waals surface area contributed by atoms with Gasteiger partial charge in [0, 0.05) is 26.6 Å². The number of nitrogens with two attached hydrogens (primary N) is 2. The Bertz CT molecular complexity index is 1070. The Morgan fingerprint density at radius 3 is 1.79 bits per heavy atom. The van der Waals surface area contributed by atoms with Crippen molar-refractivity contribution in [3.05, 3.63) is 91.0 Å². The molecule has 0 heterocycles. The number of amides is 1. The molecule has 0 aliphatic carbocycles. The summed E-state index contributed by atoms with van der Waals surface area (Å²) in [7, 11) is -0.0634. The maximum Gasteiger partial charge on any atom is 0.220 e. The number of hydrogen-bond acceptors (Lipinski definition) is 2. The summed E-state index contributed by atoms with van der Waals surface area (Å²) < 4.78 is 0. The molecule has 8 heteroatoms. The lowest BCUT2D eigenvalue weighted by atomic mass is 10.2. The molecule has 0 aliphatic heterocycles. The number of hydrogen-bond donors (Lipinski definition) is 4. The van der Waals surface area contributed by atoms with Gasteiger partial charge in [0.25, 0.3) is 0 Å². The van der Waals surface area contributed by atoms with Gasteiger partial charge in [-0.05, 0) is 62.1 Å². The highest BCUT2D eigenvalue weighted by atomic mass is 31.2. The lowest BCUT2D eigenvalue weighted by Gasteiger charge is -2.27. The van der Waals surface area contributed by atoms with Crippen molar-refractivity contribution < 1.29 is 4.79 Å². The number of unbranched alkanes of at least 4 members (excludes halogenated alkanes) is 2. The predicted molar refractivity (Wildman–Crippen MR) is 162 cm³/mol. The van der Waals surface area contributed by atoms with Crippen LogP contribution in [0.2, 0.25) is 0 Å². The molecular formula is C30H40N6OP+. The summed E-state index contributed by atoms with van der Waals surface area (Å²) in [5.74, 6) is -0.0511. The van der Waals surface area contributed by atoms with E-state index >= 15 is 0 Å². The van der Waals surface area contributed by atoms with E-state index in [9.17, 15) is 4.79 Å². The number of carbonyl (C=O) groups excluding carboxylic acids is 1. The molecule has 1 amide bonds. The molecular weight excluding hydrogens is 491 g/mol. The molecule has 0 unspecified atom stereocenters. The van der Waals surface area contributed by atoms with Gasteiger partial charge < -0.3 is 21.7 Å². The maximum atomic E-state index is 12.4. The zero-order valence-electron chi connectivity index (χ0n) is 22.2. The van der Waals surface area contributed by atoms with Crippen molar-refractivity contribution in [2.75, 3.05) is 26.3 Å². The Kier molecular flexibility index (Phi) is 11.3. The molecule has 3 aromatic rings. The normalized spacial score (nSPS) is 11.0. The SMILES string of the molecule is CN(CCCNC(=O)CCCCC[P+](c1ccccc1)(c1ccccc1)c1ccccc1)C(=N)N=C(N)N. The summed E-state index contributed by atoms with van der Waals surface area (Å²) in [6.45, 7) is 1.14. The van der Waals surface area contributed by atoms with Gasteiger partial charge in [-0.15, -0.1) is 0 Å². The van der Waals surface area contributed by atoms with Crippen LogP contribution in [0.3, 0.4) is 0 Å². The van der Waals surface area contributed by atoms with E-state index in [4.69, 9.17) is 16.9 Å². The van der Waals surface area contributed by atoms with Gasteiger partial charge in [-0.3, -0.25) is 10.2 Å². The van der Waals surface area contributed by atoms with E-state index in [-0.39, 0.29) is 17.8 Å². The van der Waals surface area contributed by atoms with E-state index in [1.807, 2.05) is 0 Å². The molecule has 38 heavy (non-hydrogen) atoms. The van der Waals surface area contributed by atoms with Gasteiger partial charge >= 0.3 is 0 Å². The van der Waals surface area contributed by atoms with Crippen LogP contribution in [0.15, 0.2) is 96.0 Å². The summed E-state index contributed by atoms with van der Waals surface area (Å²) in [5.41, 5.74) is 10.6. The van der Waals surface area contributed by atoms with Crippen LogP contribution >= 0.6 is 7.26 Å². The zero-order valence-corrected chi connectivity index (χ0v) is 23.1. The Morgan fingerprint density at radius 2 is 1.32 bits per heavy atom. The third-order valence-electron chi connectivity index (χ3n) is 6.58. The van der Waals surface area contributed by atoms with Gasteiger partial charge in [-0.25, -0.2) is 0 Å². The number of guanidine groups is 2. The number of nitrogens with one attached hydrogen (secondary N) is 2. The van der Waals surface area contributed by atoms with Crippen molar-refractivity contribution in [3.63, 3.8) is 0 Å². The first-order chi connectivity index (χ1) is 18.4. The van der Waals surface area contributed by atoms with Crippen molar-refractivity contribution >= 4 is 41.0 Å². The summed E-state index contributed by atoms with van der Waals surface area (Å²) in [6.07, 6.45) is 5.22. The molecule has 0 spiro atoms. The Morgan fingerprint density at radius 1 is 0.816 bits per heavy atom. The van der Waals surface area contributed by atoms with Gasteiger partial charge in [0.2, 0.25) is 11.9 Å². The number of carbonyl (C=O) groups is 1. The fourth-order valence-electron chi connectivity index (χ4n) is 4.64. The molecule has 3 rings (SSSR count). The van der Waals surface area contributed by atoms with Gasteiger partial charge in [-0.1, -0.05) is 54.6 Å². The van der Waals surface area contributed by atoms with Gasteiger partial charge in [-0.2, -0.15) is 4.99 Å². The van der Waals surface area contributed by atoms with E-state index in [0.29, 0.717) is 25.9 Å². The molecule has 3 aromatic carbocycles. The molecule has 0 radical (unpaired) electrons. The monoisotopic (exact) mass is 531 g/mol. The molecule has 200 valence electrons. The van der Waals surface area contributed by atoms with Gasteiger partial charge in [0.15, 0.2) is 5.96 Å². The molecule has 7 nitrogen and oxygen atoms in total. The summed E-state index contributed by atoms with van der Waals surface area (Å²) in [4.78, 5) is 17.7. The van der Waals surface area contributed by atoms with Crippen LogP contribution < -0.4 is 32.7 Å². The maximum absolute atomic E-state index is 12.4. The molecule has 0 atom stereocenters. The van der Waals surface area contributed by atoms with Crippen molar-refractivity contribution in [1.29, 1.82) is 5.41 Å². The van der Waals surface area contributed by atoms with E-state index in [2.05, 4.69) is 101 Å². The van der Waals surface area contributed by atoms with Crippen LogP contribution in [0.5, 0.6) is 0 Å². The quantitative estimate of drug-likeness (QED) is 0.117. The molecule has 0 aliphatic rings. The van der Waals surface area contributed by atoms with Crippen LogP contribution in [-0.2, 0) is 4.79 Å². The Hall–Kier alpha value is -3.70. The number of aliphatic imine (C=N–C) groups is 1. The third kappa shape index (κ3) is 8.15. The van der Waals surface area contributed by atoms with Crippen LogP contribution in [0, 0.1) is 5.41 Å². The first-order valence-electron chi connectivity index (χ1n) is 13.1. The van der Waals surface area contributed by atoms with Gasteiger partial charge in [0.1, 0.15) is 23.2 Å². The number of benzene rings is 3. The lowest BCUT2D eigenvalue weighted by Crippen LogP contribution is -2.33. The molecule has 0 bridgehead atoms. The fourth-order valence-corrected chi connectivity index (χ4v) is 9.05. The highest BCUT2D eigenvalue weighted by molar-refractivity contribution is 7.95. The summed E-state index contributed by atoms with van der Waals surface area (Å²) in [6, 6.07) is 32.7. The van der Waals surface area contributed by atoms with Crippen molar-refractivity contribution in [2.24, 2.45) is 16.5 Å². The van der Waals surface area contributed by atoms with Gasteiger partial charge in [0.05, 0.1) is 6.16 Å². The second kappa shape index (κ2) is 14.9. The number of nitrogens with zero attached hydrogens (tertiary/aromatic N) is 2. The third-order valence-corrected chi connectivity index (χ3v) is 11.1. The lowest BCUT2D eigenvalue weighted by molar-refractivity contribution is -0.121. The van der Waals surface area contributed by atoms with Crippen LogP contribution in [0.1, 0.15) is 32.1 Å². The summed E-state index contributed by atoms with van der Waals surface area (Å²) >= 11 is 0. The zero-order chi connectivity index (χ0) is 27.2. The molecule has 6 N–H and O–H groups in total. The van der Waals surface area contributed by atoms with E-state index in [0.717, 1.165) is 25.4 Å². The minimum Gasteiger partial charge on any atom is -0.370 e. The first-order valence-corrected chi connectivity index (χ1v) is 15.1. The second-order valence-corrected chi connectivity index (χ2v) is 13.0. The second-order valence-electron chi connectivity index (χ2n) is 9.34. The van der Waals surface area contributed by atoms with E-state index in [1.165, 1.54) is 15.9 Å². The average Bonchev–Trinajstić information content (AvgIpc) is 2.94. The van der Waals surface area contributed by atoms with Crippen LogP contribution in [-0.4, -0.2) is 49.0 Å². The molecule has 0 saturated heterocycles. The van der Waals surface area contributed by atoms with Crippen molar-refractivity contribution in [2.45, 2.75) is 32.1 Å². The molecule has 0 aromatic heterocycles. The largest absolute Gasteiger partial charge is 0.370 e.